The third-order valence-electron chi connectivity index (χ3n) is 15.9. The van der Waals surface area contributed by atoms with Crippen LogP contribution in [-0.4, -0.2) is 24.2 Å². The molecule has 0 saturated heterocycles. The second-order valence-electron chi connectivity index (χ2n) is 19.4. The molecule has 13 rings (SSSR count). The molecule has 2 heterocycles. The van der Waals surface area contributed by atoms with E-state index in [-0.39, 0.29) is 0 Å². The molecule has 1 spiro atoms. The van der Waals surface area contributed by atoms with E-state index in [1.54, 1.807) is 15.6 Å². The Morgan fingerprint density at radius 1 is 0.211 bits per heavy atom. The number of hydrogen-bond donors (Lipinski definition) is 0. The van der Waals surface area contributed by atoms with Crippen molar-refractivity contribution in [3.05, 3.63) is 313 Å². The SMILES string of the molecule is c1ccc([Si](c2ccccc2)(c2ccccc2)c2cccc([Si](c3ccccc3)(c3ccccc3)c3cccc(-c4ccc5c(c4)Cc4ccccc4[Si]54c5ccccc5Cc5ccccc54)c3)c2)cc1. The molecule has 0 radical (unpaired) electrons. The molecule has 0 aromatic heterocycles. The molecule has 2 aliphatic rings. The lowest BCUT2D eigenvalue weighted by atomic mass is 9.98. The molecule has 3 heteroatoms. The van der Waals surface area contributed by atoms with Gasteiger partial charge >= 0.3 is 0 Å². The van der Waals surface area contributed by atoms with Crippen LogP contribution in [0, 0.1) is 0 Å². The van der Waals surface area contributed by atoms with Crippen molar-refractivity contribution in [2.24, 2.45) is 0 Å². The molecule has 11 aromatic rings. The van der Waals surface area contributed by atoms with Gasteiger partial charge in [0.05, 0.1) is 0 Å². The van der Waals surface area contributed by atoms with Gasteiger partial charge in [0.25, 0.3) is 0 Å². The first-order valence-corrected chi connectivity index (χ1v) is 31.1. The van der Waals surface area contributed by atoms with E-state index in [4.69, 9.17) is 0 Å². The topological polar surface area (TPSA) is 0 Å². The zero-order valence-electron chi connectivity index (χ0n) is 39.6. The van der Waals surface area contributed by atoms with Crippen LogP contribution in [-0.2, 0) is 12.8 Å². The van der Waals surface area contributed by atoms with Crippen molar-refractivity contribution in [3.63, 3.8) is 0 Å². The fourth-order valence-corrected chi connectivity index (χ4v) is 28.5. The van der Waals surface area contributed by atoms with Gasteiger partial charge in [-0.1, -0.05) is 291 Å². The molecule has 2 aliphatic heterocycles. The van der Waals surface area contributed by atoms with Gasteiger partial charge in [0, 0.05) is 0 Å². The number of benzene rings is 11. The summed E-state index contributed by atoms with van der Waals surface area (Å²) >= 11 is 0. The molecule has 0 atom stereocenters. The molecule has 11 aromatic carbocycles. The molecule has 0 bridgehead atoms. The average Bonchev–Trinajstić information content (AvgIpc) is 3.45. The fourth-order valence-electron chi connectivity index (χ4n) is 13.0. The lowest BCUT2D eigenvalue weighted by Gasteiger charge is -2.44. The fraction of sp³-hybridized carbons (Fsp3) is 0.0294. The molecule has 0 aliphatic carbocycles. The predicted octanol–water partition coefficient (Wildman–Crippen LogP) is 7.29. The van der Waals surface area contributed by atoms with Crippen molar-refractivity contribution in [1.29, 1.82) is 0 Å². The Bertz CT molecular complexity index is 3500. The standard InChI is InChI=1S/C68H52Si3/c1-6-28-57(29-7-1)69(58-30-8-2-9-31-58,59-32-10-3-11-33-59)63-39-23-40-64(50-63)70(60-34-12-4-13-35-60,61-36-14-5-15-37-61)62-38-22-27-51(49-62)52-44-45-68-56(46-52)48-55-26-18-21-43-67(55)71(68)65-41-19-16-24-53(65)47-54-25-17-20-42-66(54)71/h1-46,49-50H,47-48H2. The summed E-state index contributed by atoms with van der Waals surface area (Å²) in [4.78, 5) is 0. The minimum atomic E-state index is -3.04. The van der Waals surface area contributed by atoms with Crippen LogP contribution in [0.1, 0.15) is 22.3 Å². The molecule has 0 fully saturated rings. The van der Waals surface area contributed by atoms with Crippen molar-refractivity contribution in [3.8, 4) is 11.1 Å². The van der Waals surface area contributed by atoms with Gasteiger partial charge in [0.2, 0.25) is 0 Å². The monoisotopic (exact) mass is 952 g/mol. The maximum atomic E-state index is 2.64. The molecule has 0 saturated carbocycles. The summed E-state index contributed by atoms with van der Waals surface area (Å²) in [5.74, 6) is 0. The lowest BCUT2D eigenvalue weighted by molar-refractivity contribution is 1.18. The van der Waals surface area contributed by atoms with Crippen molar-refractivity contribution >= 4 is 86.5 Å². The average molecular weight is 953 g/mol. The number of rotatable bonds is 9. The van der Waals surface area contributed by atoms with Gasteiger partial charge < -0.3 is 0 Å². The third-order valence-corrected chi connectivity index (χ3v) is 30.6. The van der Waals surface area contributed by atoms with Gasteiger partial charge in [0.15, 0.2) is 24.2 Å². The van der Waals surface area contributed by atoms with E-state index in [0.717, 1.165) is 12.8 Å². The summed E-state index contributed by atoms with van der Waals surface area (Å²) in [5.41, 5.74) is 8.39. The van der Waals surface area contributed by atoms with Crippen LogP contribution in [0.15, 0.2) is 291 Å². The van der Waals surface area contributed by atoms with Gasteiger partial charge in [-0.15, -0.1) is 0 Å². The highest BCUT2D eigenvalue weighted by Crippen LogP contribution is 2.30. The van der Waals surface area contributed by atoms with Crippen LogP contribution in [0.4, 0.5) is 0 Å². The summed E-state index contributed by atoms with van der Waals surface area (Å²) in [6.07, 6.45) is 1.91. The van der Waals surface area contributed by atoms with Gasteiger partial charge in [-0.3, -0.25) is 0 Å². The maximum Gasteiger partial charge on any atom is 0.180 e. The Balaban J connectivity index is 1.04. The highest BCUT2D eigenvalue weighted by atomic mass is 28.3. The summed E-state index contributed by atoms with van der Waals surface area (Å²) in [6.45, 7) is 0. The zero-order valence-corrected chi connectivity index (χ0v) is 42.6. The first-order valence-electron chi connectivity index (χ1n) is 25.1. The van der Waals surface area contributed by atoms with E-state index in [1.807, 2.05) is 0 Å². The minimum absolute atomic E-state index is 0.924. The normalized spacial score (nSPS) is 13.4. The predicted molar refractivity (Wildman–Crippen MR) is 308 cm³/mol. The lowest BCUT2D eigenvalue weighted by Crippen LogP contribution is -2.79. The second-order valence-corrected chi connectivity index (χ2v) is 30.7. The number of fused-ring (bicyclic) bond motifs is 8. The van der Waals surface area contributed by atoms with Crippen LogP contribution in [0.5, 0.6) is 0 Å². The highest BCUT2D eigenvalue weighted by molar-refractivity contribution is 7.22. The molecule has 0 nitrogen and oxygen atoms in total. The van der Waals surface area contributed by atoms with Crippen LogP contribution in [0.2, 0.25) is 0 Å². The quantitative estimate of drug-likeness (QED) is 0.105. The Morgan fingerprint density at radius 3 is 0.930 bits per heavy atom. The van der Waals surface area contributed by atoms with Crippen LogP contribution in [0.3, 0.4) is 0 Å². The van der Waals surface area contributed by atoms with Crippen molar-refractivity contribution in [2.45, 2.75) is 12.8 Å². The van der Waals surface area contributed by atoms with Crippen molar-refractivity contribution in [2.75, 3.05) is 0 Å². The minimum Gasteiger partial charge on any atom is -0.0624 e. The van der Waals surface area contributed by atoms with Crippen molar-refractivity contribution < 1.29 is 0 Å². The maximum absolute atomic E-state index is 3.04. The summed E-state index contributed by atoms with van der Waals surface area (Å²) in [6, 6.07) is 112. The number of hydrogen-bond acceptors (Lipinski definition) is 0. The van der Waals surface area contributed by atoms with Crippen LogP contribution < -0.4 is 62.2 Å². The van der Waals surface area contributed by atoms with E-state index in [1.165, 1.54) is 80.1 Å². The Kier molecular flexibility index (Phi) is 10.8. The van der Waals surface area contributed by atoms with Gasteiger partial charge in [0.1, 0.15) is 0 Å². The van der Waals surface area contributed by atoms with Gasteiger partial charge in [-0.25, -0.2) is 0 Å². The summed E-state index contributed by atoms with van der Waals surface area (Å²) in [7, 11) is -8.52. The molecule has 71 heavy (non-hydrogen) atoms. The van der Waals surface area contributed by atoms with Crippen molar-refractivity contribution in [1.82, 2.24) is 0 Å². The second kappa shape index (κ2) is 17.8. The molecular formula is C68H52Si3. The third kappa shape index (κ3) is 6.76. The van der Waals surface area contributed by atoms with Gasteiger partial charge in [-0.05, 0) is 108 Å². The van der Waals surface area contributed by atoms with E-state index < -0.39 is 24.2 Å². The molecule has 0 N–H and O–H groups in total. The first kappa shape index (κ1) is 43.1. The molecule has 0 amide bonds. The van der Waals surface area contributed by atoms with E-state index in [2.05, 4.69) is 291 Å². The Morgan fingerprint density at radius 2 is 0.507 bits per heavy atom. The van der Waals surface area contributed by atoms with E-state index >= 15 is 0 Å². The van der Waals surface area contributed by atoms with Gasteiger partial charge in [-0.2, -0.15) is 0 Å². The summed E-state index contributed by atoms with van der Waals surface area (Å²) < 4.78 is 0. The van der Waals surface area contributed by atoms with E-state index in [0.29, 0.717) is 0 Å². The molecule has 0 unspecified atom stereocenters. The van der Waals surface area contributed by atoms with E-state index in [9.17, 15) is 0 Å². The Labute approximate surface area is 421 Å². The Hall–Kier alpha value is -7.93. The molecular weight excluding hydrogens is 901 g/mol. The van der Waals surface area contributed by atoms with Crippen LogP contribution in [0.25, 0.3) is 11.1 Å². The largest absolute Gasteiger partial charge is 0.180 e. The highest BCUT2D eigenvalue weighted by Gasteiger charge is 2.50. The van der Waals surface area contributed by atoms with Crippen LogP contribution >= 0.6 is 0 Å². The first-order chi connectivity index (χ1) is 35.2. The zero-order chi connectivity index (χ0) is 47.2. The smallest absolute Gasteiger partial charge is 0.0624 e. The molecule has 336 valence electrons. The summed E-state index contributed by atoms with van der Waals surface area (Å²) in [5, 5.41) is 17.2.